The summed E-state index contributed by atoms with van der Waals surface area (Å²) in [5.41, 5.74) is 9.40. The number of nitrogens with zero attached hydrogens (tertiary/aromatic N) is 1. The van der Waals surface area contributed by atoms with Crippen LogP contribution in [0.5, 0.6) is 0 Å². The first-order valence-electron chi connectivity index (χ1n) is 8.03. The van der Waals surface area contributed by atoms with Crippen LogP contribution in [0.2, 0.25) is 0 Å². The van der Waals surface area contributed by atoms with E-state index in [1.54, 1.807) is 0 Å². The quantitative estimate of drug-likeness (QED) is 0.651. The summed E-state index contributed by atoms with van der Waals surface area (Å²) in [6, 6.07) is 14.9. The van der Waals surface area contributed by atoms with E-state index in [9.17, 15) is 4.39 Å². The average molecular weight is 311 g/mol. The fraction of sp³-hybridized carbons (Fsp3) is 0.316. The van der Waals surface area contributed by atoms with E-state index in [-0.39, 0.29) is 11.2 Å². The average Bonchev–Trinajstić information content (AvgIpc) is 3.35. The second kappa shape index (κ2) is 6.41. The molecule has 1 saturated carbocycles. The molecule has 0 aromatic heterocycles. The lowest BCUT2D eigenvalue weighted by Crippen LogP contribution is -2.25. The molecule has 0 atom stereocenters. The Morgan fingerprint density at radius 3 is 2.35 bits per heavy atom. The summed E-state index contributed by atoms with van der Waals surface area (Å²) in [5.74, 6) is 0.215. The van der Waals surface area contributed by atoms with Crippen LogP contribution in [0.15, 0.2) is 53.5 Å². The van der Waals surface area contributed by atoms with Gasteiger partial charge in [0.15, 0.2) is 5.96 Å². The number of halogens is 1. The summed E-state index contributed by atoms with van der Waals surface area (Å²) in [7, 11) is 0. The normalized spacial score (nSPS) is 16.2. The van der Waals surface area contributed by atoms with Gasteiger partial charge in [-0.15, -0.1) is 0 Å². The van der Waals surface area contributed by atoms with E-state index < -0.39 is 0 Å². The van der Waals surface area contributed by atoms with Crippen LogP contribution in [0.1, 0.15) is 30.9 Å². The molecule has 0 saturated heterocycles. The number of nitrogens with one attached hydrogen (secondary N) is 1. The molecule has 0 amide bonds. The highest BCUT2D eigenvalue weighted by atomic mass is 19.1. The van der Waals surface area contributed by atoms with Gasteiger partial charge < -0.3 is 11.1 Å². The molecule has 0 bridgehead atoms. The van der Waals surface area contributed by atoms with Crippen molar-refractivity contribution in [2.24, 2.45) is 10.7 Å². The van der Waals surface area contributed by atoms with Crippen LogP contribution < -0.4 is 11.1 Å². The third-order valence-electron chi connectivity index (χ3n) is 4.50. The van der Waals surface area contributed by atoms with Gasteiger partial charge in [-0.05, 0) is 54.7 Å². The Bertz CT molecular complexity index is 686. The van der Waals surface area contributed by atoms with Crippen molar-refractivity contribution in [2.45, 2.75) is 31.6 Å². The van der Waals surface area contributed by atoms with E-state index in [0.717, 1.165) is 30.5 Å². The van der Waals surface area contributed by atoms with Crippen molar-refractivity contribution in [3.05, 3.63) is 65.5 Å². The van der Waals surface area contributed by atoms with Crippen LogP contribution >= 0.6 is 0 Å². The molecule has 120 valence electrons. The number of rotatable bonds is 5. The van der Waals surface area contributed by atoms with E-state index >= 15 is 0 Å². The first kappa shape index (κ1) is 15.5. The summed E-state index contributed by atoms with van der Waals surface area (Å²) in [5, 5.41) is 3.12. The highest BCUT2D eigenvalue weighted by Gasteiger charge is 2.44. The third-order valence-corrected chi connectivity index (χ3v) is 4.50. The van der Waals surface area contributed by atoms with Crippen LogP contribution in [-0.4, -0.2) is 12.5 Å². The third kappa shape index (κ3) is 3.70. The Morgan fingerprint density at radius 2 is 1.78 bits per heavy atom. The monoisotopic (exact) mass is 311 g/mol. The molecule has 0 radical (unpaired) electrons. The smallest absolute Gasteiger partial charge is 0.193 e. The van der Waals surface area contributed by atoms with Crippen LogP contribution in [0.3, 0.4) is 0 Å². The maximum absolute atomic E-state index is 13.0. The summed E-state index contributed by atoms with van der Waals surface area (Å²) >= 11 is 0. The number of guanidine groups is 1. The van der Waals surface area contributed by atoms with Crippen LogP contribution in [0, 0.1) is 5.82 Å². The minimum atomic E-state index is -0.204. The topological polar surface area (TPSA) is 50.4 Å². The molecule has 2 aromatic carbocycles. The van der Waals surface area contributed by atoms with E-state index in [0.29, 0.717) is 12.5 Å². The molecule has 1 fully saturated rings. The Labute approximate surface area is 136 Å². The minimum Gasteiger partial charge on any atom is -0.370 e. The Kier molecular flexibility index (Phi) is 4.33. The highest BCUT2D eigenvalue weighted by molar-refractivity contribution is 5.92. The van der Waals surface area contributed by atoms with Crippen LogP contribution in [0.4, 0.5) is 10.1 Å². The van der Waals surface area contributed by atoms with Gasteiger partial charge in [0.25, 0.3) is 0 Å². The molecule has 3 rings (SSSR count). The molecule has 2 aromatic rings. The molecule has 4 heteroatoms. The second-order valence-corrected chi connectivity index (χ2v) is 6.16. The van der Waals surface area contributed by atoms with Crippen molar-refractivity contribution < 1.29 is 4.39 Å². The molecule has 0 unspecified atom stereocenters. The maximum atomic E-state index is 13.0. The van der Waals surface area contributed by atoms with E-state index in [4.69, 9.17) is 5.73 Å². The number of hydrogen-bond donors (Lipinski definition) is 2. The lowest BCUT2D eigenvalue weighted by atomic mass is 9.96. The molecule has 3 N–H and O–H groups in total. The summed E-state index contributed by atoms with van der Waals surface area (Å²) in [6.45, 7) is 2.76. The Hall–Kier alpha value is -2.36. The fourth-order valence-corrected chi connectivity index (χ4v) is 2.74. The largest absolute Gasteiger partial charge is 0.370 e. The number of benzene rings is 2. The molecule has 0 heterocycles. The van der Waals surface area contributed by atoms with Gasteiger partial charge in [-0.3, -0.25) is 4.99 Å². The number of hydrogen-bond acceptors (Lipinski definition) is 1. The molecule has 0 aliphatic heterocycles. The van der Waals surface area contributed by atoms with Gasteiger partial charge in [-0.1, -0.05) is 31.2 Å². The summed E-state index contributed by atoms with van der Waals surface area (Å²) < 4.78 is 13.0. The molecule has 3 nitrogen and oxygen atoms in total. The molecular formula is C19H22FN3. The first-order chi connectivity index (χ1) is 11.1. The minimum absolute atomic E-state index is 0.0338. The van der Waals surface area contributed by atoms with Crippen molar-refractivity contribution >= 4 is 11.6 Å². The second-order valence-electron chi connectivity index (χ2n) is 6.16. The zero-order valence-electron chi connectivity index (χ0n) is 13.3. The van der Waals surface area contributed by atoms with Gasteiger partial charge in [-0.2, -0.15) is 0 Å². The van der Waals surface area contributed by atoms with Gasteiger partial charge >= 0.3 is 0 Å². The summed E-state index contributed by atoms with van der Waals surface area (Å²) in [6.07, 6.45) is 3.16. The van der Waals surface area contributed by atoms with Crippen molar-refractivity contribution in [3.63, 3.8) is 0 Å². The lowest BCUT2D eigenvalue weighted by molar-refractivity contribution is 0.623. The fourth-order valence-electron chi connectivity index (χ4n) is 2.74. The van der Waals surface area contributed by atoms with E-state index in [1.807, 2.05) is 24.3 Å². The van der Waals surface area contributed by atoms with E-state index in [1.165, 1.54) is 17.7 Å². The standard InChI is InChI=1S/C19H22FN3/c1-2-14-3-9-17(10-4-14)23-18(21)22-13-19(11-12-19)15-5-7-16(20)8-6-15/h3-10H,2,11-13H2,1H3,(H3,21,22,23). The first-order valence-corrected chi connectivity index (χ1v) is 8.03. The number of aryl methyl sites for hydroxylation is 1. The molecule has 0 spiro atoms. The van der Waals surface area contributed by atoms with Crippen molar-refractivity contribution in [2.75, 3.05) is 11.9 Å². The molecule has 1 aliphatic carbocycles. The Morgan fingerprint density at radius 1 is 1.13 bits per heavy atom. The number of nitrogens with two attached hydrogens (primary N) is 1. The van der Waals surface area contributed by atoms with Crippen molar-refractivity contribution in [3.8, 4) is 0 Å². The van der Waals surface area contributed by atoms with Gasteiger partial charge in [0.2, 0.25) is 0 Å². The number of anilines is 1. The predicted molar refractivity (Wildman–Crippen MR) is 93.2 cm³/mol. The van der Waals surface area contributed by atoms with Gasteiger partial charge in [0, 0.05) is 11.1 Å². The van der Waals surface area contributed by atoms with Gasteiger partial charge in [0.05, 0.1) is 6.54 Å². The lowest BCUT2D eigenvalue weighted by Gasteiger charge is -2.14. The van der Waals surface area contributed by atoms with Crippen LogP contribution in [-0.2, 0) is 11.8 Å². The van der Waals surface area contributed by atoms with Crippen molar-refractivity contribution in [1.29, 1.82) is 0 Å². The predicted octanol–water partition coefficient (Wildman–Crippen LogP) is 3.85. The van der Waals surface area contributed by atoms with Gasteiger partial charge in [-0.25, -0.2) is 4.39 Å². The zero-order valence-corrected chi connectivity index (χ0v) is 13.3. The Balaban J connectivity index is 1.63. The molecular weight excluding hydrogens is 289 g/mol. The van der Waals surface area contributed by atoms with Crippen molar-refractivity contribution in [1.82, 2.24) is 0 Å². The van der Waals surface area contributed by atoms with Crippen LogP contribution in [0.25, 0.3) is 0 Å². The zero-order chi connectivity index (χ0) is 16.3. The summed E-state index contributed by atoms with van der Waals surface area (Å²) in [4.78, 5) is 4.48. The molecule has 23 heavy (non-hydrogen) atoms. The maximum Gasteiger partial charge on any atom is 0.193 e. The molecule has 1 aliphatic rings. The van der Waals surface area contributed by atoms with Gasteiger partial charge in [0.1, 0.15) is 5.82 Å². The SMILES string of the molecule is CCc1ccc(NC(N)=NCC2(c3ccc(F)cc3)CC2)cc1. The number of aliphatic imine (C=N–C) groups is 1. The highest BCUT2D eigenvalue weighted by Crippen LogP contribution is 2.48. The van der Waals surface area contributed by atoms with E-state index in [2.05, 4.69) is 29.4 Å².